The molecule has 3 aromatic carbocycles. The highest BCUT2D eigenvalue weighted by atomic mass is 32.2. The van der Waals surface area contributed by atoms with Gasteiger partial charge in [0.15, 0.2) is 0 Å². The molecule has 0 fully saturated rings. The van der Waals surface area contributed by atoms with Crippen molar-refractivity contribution >= 4 is 20.0 Å². The van der Waals surface area contributed by atoms with Gasteiger partial charge in [-0.2, -0.15) is 0 Å². The van der Waals surface area contributed by atoms with Crippen LogP contribution in [-0.4, -0.2) is 16.8 Å². The first-order valence-corrected chi connectivity index (χ1v) is 11.9. The Hall–Kier alpha value is -2.80. The highest BCUT2D eigenvalue weighted by Crippen LogP contribution is 2.17. The summed E-state index contributed by atoms with van der Waals surface area (Å²) in [4.78, 5) is -1.44. The molecule has 0 radical (unpaired) electrons. The third kappa shape index (κ3) is 5.71. The molecule has 32 heavy (non-hydrogen) atoms. The number of halogens is 4. The number of rotatable bonds is 8. The minimum Gasteiger partial charge on any atom is -0.207 e. The van der Waals surface area contributed by atoms with Crippen LogP contribution in [0.2, 0.25) is 0 Å². The Morgan fingerprint density at radius 3 is 1.38 bits per heavy atom. The van der Waals surface area contributed by atoms with Gasteiger partial charge in [0.1, 0.15) is 33.1 Å². The summed E-state index contributed by atoms with van der Waals surface area (Å²) >= 11 is 0. The second-order valence-electron chi connectivity index (χ2n) is 6.62. The number of benzene rings is 3. The van der Waals surface area contributed by atoms with E-state index in [0.717, 1.165) is 24.3 Å². The van der Waals surface area contributed by atoms with Crippen LogP contribution in [0.5, 0.6) is 0 Å². The van der Waals surface area contributed by atoms with E-state index in [0.29, 0.717) is 23.3 Å². The third-order valence-corrected chi connectivity index (χ3v) is 7.16. The van der Waals surface area contributed by atoms with Crippen LogP contribution in [0.1, 0.15) is 11.1 Å². The summed E-state index contributed by atoms with van der Waals surface area (Å²) in [6, 6.07) is 10.2. The summed E-state index contributed by atoms with van der Waals surface area (Å²) in [5.41, 5.74) is 0.835. The summed E-state index contributed by atoms with van der Waals surface area (Å²) in [5.74, 6) is -4.32. The lowest BCUT2D eigenvalue weighted by Crippen LogP contribution is -2.25. The first-order valence-electron chi connectivity index (χ1n) is 8.95. The van der Waals surface area contributed by atoms with Gasteiger partial charge >= 0.3 is 0 Å². The first-order chi connectivity index (χ1) is 15.0. The Morgan fingerprint density at radius 2 is 1.00 bits per heavy atom. The molecular weight excluding hydrogens is 472 g/mol. The molecule has 0 saturated carbocycles. The van der Waals surface area contributed by atoms with Crippen molar-refractivity contribution in [3.63, 3.8) is 0 Å². The molecule has 0 spiro atoms. The lowest BCUT2D eigenvalue weighted by Gasteiger charge is -2.10. The van der Waals surface area contributed by atoms with E-state index in [2.05, 4.69) is 9.44 Å². The summed E-state index contributed by atoms with van der Waals surface area (Å²) in [6.07, 6.45) is 0. The Balaban J connectivity index is 1.69. The largest absolute Gasteiger partial charge is 0.243 e. The molecule has 12 heteroatoms. The summed E-state index contributed by atoms with van der Waals surface area (Å²) in [5, 5.41) is 0. The summed E-state index contributed by atoms with van der Waals surface area (Å²) in [7, 11) is -8.55. The normalized spacial score (nSPS) is 12.1. The third-order valence-electron chi connectivity index (χ3n) is 4.29. The van der Waals surface area contributed by atoms with Crippen LogP contribution in [0.3, 0.4) is 0 Å². The van der Waals surface area contributed by atoms with Crippen LogP contribution in [0.15, 0.2) is 70.5 Å². The first kappa shape index (κ1) is 23.9. The number of sulfonamides is 2. The maximum Gasteiger partial charge on any atom is 0.243 e. The Kier molecular flexibility index (Phi) is 6.98. The minimum absolute atomic E-state index is 0.258. The topological polar surface area (TPSA) is 92.3 Å². The molecule has 0 aliphatic carbocycles. The molecular formula is C20H16F4N2O4S2. The molecule has 0 aromatic heterocycles. The average molecular weight is 488 g/mol. The van der Waals surface area contributed by atoms with Crippen LogP contribution >= 0.6 is 0 Å². The van der Waals surface area contributed by atoms with Crippen LogP contribution in [0, 0.1) is 23.3 Å². The molecule has 0 bridgehead atoms. The van der Waals surface area contributed by atoms with Crippen molar-refractivity contribution in [1.29, 1.82) is 0 Å². The molecule has 170 valence electrons. The predicted octanol–water partition coefficient (Wildman–Crippen LogP) is 3.20. The van der Waals surface area contributed by atoms with Gasteiger partial charge < -0.3 is 0 Å². The van der Waals surface area contributed by atoms with E-state index in [9.17, 15) is 34.4 Å². The quantitative estimate of drug-likeness (QED) is 0.477. The monoisotopic (exact) mass is 488 g/mol. The van der Waals surface area contributed by atoms with Gasteiger partial charge in [-0.1, -0.05) is 24.3 Å². The molecule has 2 N–H and O–H groups in total. The fraction of sp³-hybridized carbons (Fsp3) is 0.100. The van der Waals surface area contributed by atoms with E-state index in [4.69, 9.17) is 0 Å². The van der Waals surface area contributed by atoms with Crippen molar-refractivity contribution in [2.75, 3.05) is 0 Å². The van der Waals surface area contributed by atoms with Gasteiger partial charge in [0, 0.05) is 25.2 Å². The summed E-state index contributed by atoms with van der Waals surface area (Å²) in [6.45, 7) is -0.515. The number of nitrogens with one attached hydrogen (secondary N) is 2. The van der Waals surface area contributed by atoms with Crippen LogP contribution in [-0.2, 0) is 33.1 Å². The predicted molar refractivity (Wildman–Crippen MR) is 107 cm³/mol. The van der Waals surface area contributed by atoms with E-state index in [1.54, 1.807) is 12.1 Å². The lowest BCUT2D eigenvalue weighted by atomic mass is 10.1. The maximum atomic E-state index is 13.8. The molecule has 0 heterocycles. The fourth-order valence-electron chi connectivity index (χ4n) is 2.75. The van der Waals surface area contributed by atoms with Crippen molar-refractivity contribution in [1.82, 2.24) is 9.44 Å². The van der Waals surface area contributed by atoms with Crippen molar-refractivity contribution in [3.8, 4) is 0 Å². The average Bonchev–Trinajstić information content (AvgIpc) is 2.71. The maximum absolute atomic E-state index is 13.8. The molecule has 0 aliphatic rings. The molecule has 3 rings (SSSR count). The van der Waals surface area contributed by atoms with Crippen molar-refractivity contribution < 1.29 is 34.4 Å². The van der Waals surface area contributed by atoms with Crippen LogP contribution in [0.4, 0.5) is 17.6 Å². The van der Waals surface area contributed by atoms with Crippen molar-refractivity contribution in [2.45, 2.75) is 22.9 Å². The molecule has 6 nitrogen and oxygen atoms in total. The summed E-state index contributed by atoms with van der Waals surface area (Å²) < 4.78 is 107. The highest BCUT2D eigenvalue weighted by molar-refractivity contribution is 7.89. The standard InChI is InChI=1S/C20H16F4N2O4S2/c21-15-4-6-19(17(23)9-15)31(27,28)25-11-13-2-1-3-14(8-13)12-26-32(29,30)20-7-5-16(22)10-18(20)24/h1-10,25-26H,11-12H2. The Bertz CT molecular complexity index is 1260. The fourth-order valence-corrected chi connectivity index (χ4v) is 4.90. The van der Waals surface area contributed by atoms with E-state index in [1.807, 2.05) is 0 Å². The molecule has 0 unspecified atom stereocenters. The molecule has 0 atom stereocenters. The number of hydrogen-bond donors (Lipinski definition) is 2. The van der Waals surface area contributed by atoms with Crippen LogP contribution in [0.25, 0.3) is 0 Å². The molecule has 0 aliphatic heterocycles. The Morgan fingerprint density at radius 1 is 0.594 bits per heavy atom. The second-order valence-corrected chi connectivity index (χ2v) is 10.1. The molecule has 3 aromatic rings. The van der Waals surface area contributed by atoms with Crippen molar-refractivity contribution in [2.24, 2.45) is 0 Å². The zero-order valence-electron chi connectivity index (χ0n) is 16.1. The highest BCUT2D eigenvalue weighted by Gasteiger charge is 2.20. The number of hydrogen-bond acceptors (Lipinski definition) is 4. The zero-order valence-corrected chi connectivity index (χ0v) is 17.8. The van der Waals surface area contributed by atoms with E-state index in [1.165, 1.54) is 12.1 Å². The van der Waals surface area contributed by atoms with E-state index >= 15 is 0 Å². The van der Waals surface area contributed by atoms with E-state index in [-0.39, 0.29) is 13.1 Å². The molecule has 0 saturated heterocycles. The van der Waals surface area contributed by atoms with Gasteiger partial charge in [-0.3, -0.25) is 0 Å². The zero-order chi connectivity index (χ0) is 23.5. The van der Waals surface area contributed by atoms with Crippen molar-refractivity contribution in [3.05, 3.63) is 95.1 Å². The van der Waals surface area contributed by atoms with Gasteiger partial charge in [0.05, 0.1) is 0 Å². The van der Waals surface area contributed by atoms with E-state index < -0.39 is 53.1 Å². The van der Waals surface area contributed by atoms with Gasteiger partial charge in [0.2, 0.25) is 20.0 Å². The smallest absolute Gasteiger partial charge is 0.207 e. The van der Waals surface area contributed by atoms with Gasteiger partial charge in [-0.05, 0) is 35.4 Å². The SMILES string of the molecule is O=S(=O)(NCc1cccc(CNS(=O)(=O)c2ccc(F)cc2F)c1)c1ccc(F)cc1F. The van der Waals surface area contributed by atoms with Gasteiger partial charge in [-0.15, -0.1) is 0 Å². The van der Waals surface area contributed by atoms with Gasteiger partial charge in [0.25, 0.3) is 0 Å². The second kappa shape index (κ2) is 9.36. The minimum atomic E-state index is -4.27. The van der Waals surface area contributed by atoms with Crippen LogP contribution < -0.4 is 9.44 Å². The Labute approximate surface area is 182 Å². The lowest BCUT2D eigenvalue weighted by molar-refractivity contribution is 0.541. The van der Waals surface area contributed by atoms with Gasteiger partial charge in [-0.25, -0.2) is 43.8 Å². The molecule has 0 amide bonds.